The average molecular weight is 520 g/mol. The van der Waals surface area contributed by atoms with Crippen molar-refractivity contribution in [1.29, 1.82) is 5.26 Å². The zero-order valence-corrected chi connectivity index (χ0v) is 21.3. The van der Waals surface area contributed by atoms with Crippen molar-refractivity contribution >= 4 is 23.2 Å². The van der Waals surface area contributed by atoms with E-state index in [0.717, 1.165) is 6.42 Å². The number of nitrogens with two attached hydrogens (primary N) is 3. The van der Waals surface area contributed by atoms with E-state index in [9.17, 15) is 35.0 Å². The van der Waals surface area contributed by atoms with Crippen molar-refractivity contribution in [3.8, 4) is 23.7 Å². The number of hydrogen-bond acceptors (Lipinski definition) is 10. The number of phenolic OH excluding ortho intramolecular Hbond substituents is 1. The van der Waals surface area contributed by atoms with Crippen LogP contribution in [0, 0.1) is 28.6 Å². The molecule has 3 aliphatic carbocycles. The monoisotopic (exact) mass is 519 g/mol. The van der Waals surface area contributed by atoms with E-state index in [1.54, 1.807) is 12.1 Å². The molecule has 0 radical (unpaired) electrons. The first kappa shape index (κ1) is 26.9. The van der Waals surface area contributed by atoms with Crippen molar-refractivity contribution < 1.29 is 29.7 Å². The van der Waals surface area contributed by atoms with E-state index in [-0.39, 0.29) is 17.7 Å². The molecule has 11 heteroatoms. The maximum atomic E-state index is 14.3. The summed E-state index contributed by atoms with van der Waals surface area (Å²) in [6.07, 6.45) is 0.861. The van der Waals surface area contributed by atoms with Crippen LogP contribution in [0.25, 0.3) is 5.76 Å². The van der Waals surface area contributed by atoms with Crippen LogP contribution in [0.15, 0.2) is 29.0 Å². The van der Waals surface area contributed by atoms with E-state index >= 15 is 0 Å². The SMILES string of the molecule is CCCC#Cc1ccc(O)c2c1C[C@@]1(N)C[C@@]3(N)[C@H](N(C)C)C(=O)C(C(N)=O)=C(O)[C@@]3(C#N)C(=O)C1=C2O. The quantitative estimate of drug-likeness (QED) is 0.233. The maximum absolute atomic E-state index is 14.3. The molecular weight excluding hydrogens is 490 g/mol. The van der Waals surface area contributed by atoms with Crippen LogP contribution < -0.4 is 17.2 Å². The molecular formula is C27H29N5O6. The van der Waals surface area contributed by atoms with Crippen molar-refractivity contribution in [2.45, 2.75) is 49.7 Å². The number of fused-ring (bicyclic) bond motifs is 3. The minimum absolute atomic E-state index is 0.0787. The van der Waals surface area contributed by atoms with Crippen molar-refractivity contribution in [3.05, 3.63) is 45.7 Å². The number of primary amides is 1. The molecule has 1 fully saturated rings. The average Bonchev–Trinajstić information content (AvgIpc) is 2.79. The molecule has 0 aliphatic heterocycles. The van der Waals surface area contributed by atoms with Crippen molar-refractivity contribution in [3.63, 3.8) is 0 Å². The molecule has 0 aromatic heterocycles. The van der Waals surface area contributed by atoms with Crippen LogP contribution in [0.1, 0.15) is 42.9 Å². The third-order valence-corrected chi connectivity index (χ3v) is 7.73. The van der Waals surface area contributed by atoms with Gasteiger partial charge in [-0.3, -0.25) is 19.3 Å². The molecule has 3 aliphatic rings. The summed E-state index contributed by atoms with van der Waals surface area (Å²) < 4.78 is 0. The lowest BCUT2D eigenvalue weighted by atomic mass is 9.47. The van der Waals surface area contributed by atoms with Gasteiger partial charge in [0.15, 0.2) is 17.0 Å². The highest BCUT2D eigenvalue weighted by molar-refractivity contribution is 6.25. The van der Waals surface area contributed by atoms with E-state index in [0.29, 0.717) is 17.5 Å². The molecule has 0 bridgehead atoms. The predicted molar refractivity (Wildman–Crippen MR) is 136 cm³/mol. The third kappa shape index (κ3) is 3.23. The molecule has 0 unspecified atom stereocenters. The Kier molecular flexibility index (Phi) is 6.16. The highest BCUT2D eigenvalue weighted by Gasteiger charge is 2.74. The van der Waals surface area contributed by atoms with Gasteiger partial charge in [-0.05, 0) is 51.1 Å². The summed E-state index contributed by atoms with van der Waals surface area (Å²) in [5.41, 5.74) is 11.8. The van der Waals surface area contributed by atoms with Gasteiger partial charge >= 0.3 is 0 Å². The third-order valence-electron chi connectivity index (χ3n) is 7.73. The molecule has 9 N–H and O–H groups in total. The van der Waals surface area contributed by atoms with E-state index < -0.39 is 69.1 Å². The van der Waals surface area contributed by atoms with Gasteiger partial charge in [-0.2, -0.15) is 5.26 Å². The Morgan fingerprint density at radius 2 is 1.87 bits per heavy atom. The minimum Gasteiger partial charge on any atom is -0.509 e. The van der Waals surface area contributed by atoms with Crippen LogP contribution in [0.4, 0.5) is 0 Å². The number of nitriles is 1. The topological polar surface area (TPSA) is 217 Å². The van der Waals surface area contributed by atoms with Gasteiger partial charge in [-0.25, -0.2) is 0 Å². The van der Waals surface area contributed by atoms with Gasteiger partial charge in [-0.15, -0.1) is 0 Å². The second kappa shape index (κ2) is 8.71. The molecule has 11 nitrogen and oxygen atoms in total. The number of phenols is 1. The lowest BCUT2D eigenvalue weighted by Crippen LogP contribution is -2.80. The second-order valence-electron chi connectivity index (χ2n) is 10.3. The van der Waals surface area contributed by atoms with Crippen LogP contribution in [-0.4, -0.2) is 68.9 Å². The number of carbonyl (C=O) groups excluding carboxylic acids is 3. The molecule has 1 aromatic carbocycles. The summed E-state index contributed by atoms with van der Waals surface area (Å²) >= 11 is 0. The number of aromatic hydroxyl groups is 1. The van der Waals surface area contributed by atoms with E-state index in [2.05, 4.69) is 11.8 Å². The smallest absolute Gasteiger partial charge is 0.255 e. The fourth-order valence-corrected chi connectivity index (χ4v) is 6.23. The number of nitrogens with zero attached hydrogens (tertiary/aromatic N) is 2. The van der Waals surface area contributed by atoms with Gasteiger partial charge in [-0.1, -0.05) is 18.8 Å². The molecule has 38 heavy (non-hydrogen) atoms. The Hall–Kier alpha value is -4.16. The van der Waals surface area contributed by atoms with Crippen molar-refractivity contribution in [2.75, 3.05) is 14.1 Å². The Morgan fingerprint density at radius 3 is 2.42 bits per heavy atom. The first-order valence-electron chi connectivity index (χ1n) is 12.0. The Balaban J connectivity index is 2.10. The summed E-state index contributed by atoms with van der Waals surface area (Å²) in [6.45, 7) is 1.96. The first-order chi connectivity index (χ1) is 17.7. The molecule has 1 aromatic rings. The Labute approximate surface area is 219 Å². The van der Waals surface area contributed by atoms with Crippen LogP contribution in [0.2, 0.25) is 0 Å². The fraction of sp³-hybridized carbons (Fsp3) is 0.407. The Bertz CT molecular complexity index is 1470. The standard InChI is InChI=1S/C27H29N5O6/c1-4-5-6-7-13-8-9-15(33)16-14(13)10-25(30)11-27(31)21(32(2)3)20(35)17(24(29)38)22(36)26(27,12-28)23(37)18(25)19(16)34/h8-9,21,33-34,36H,4-5,10-11,30-31H2,1-3H3,(H2,29,38)/t21-,25-,26+,27-/m1/s1. The molecule has 0 saturated heterocycles. The lowest BCUT2D eigenvalue weighted by Gasteiger charge is -2.58. The number of Topliss-reactive ketones (excluding diaryl/α,β-unsaturated/α-hetero) is 2. The number of unbranched alkanes of at least 4 members (excludes halogenated alkanes) is 1. The number of carbonyl (C=O) groups is 3. The highest BCUT2D eigenvalue weighted by atomic mass is 16.3. The normalized spacial score (nSPS) is 30.2. The fourth-order valence-electron chi connectivity index (χ4n) is 6.23. The van der Waals surface area contributed by atoms with Gasteiger partial charge < -0.3 is 32.5 Å². The number of rotatable bonds is 3. The second-order valence-corrected chi connectivity index (χ2v) is 10.3. The molecule has 0 heterocycles. The summed E-state index contributed by atoms with van der Waals surface area (Å²) in [7, 11) is 2.93. The molecule has 1 amide bonds. The summed E-state index contributed by atoms with van der Waals surface area (Å²) in [5, 5.41) is 43.6. The number of aliphatic hydroxyl groups is 2. The number of likely N-dealkylation sites (N-methyl/N-ethyl adjacent to an activating group) is 1. The maximum Gasteiger partial charge on any atom is 0.255 e. The molecule has 198 valence electrons. The molecule has 1 saturated carbocycles. The highest BCUT2D eigenvalue weighted by Crippen LogP contribution is 2.58. The molecule has 0 spiro atoms. The van der Waals surface area contributed by atoms with E-state index in [1.807, 2.05) is 6.92 Å². The van der Waals surface area contributed by atoms with E-state index in [1.165, 1.54) is 25.1 Å². The predicted octanol–water partition coefficient (Wildman–Crippen LogP) is 0.0571. The zero-order chi connectivity index (χ0) is 28.4. The minimum atomic E-state index is -2.68. The van der Waals surface area contributed by atoms with Crippen LogP contribution in [-0.2, 0) is 20.8 Å². The summed E-state index contributed by atoms with van der Waals surface area (Å²) in [6, 6.07) is 3.18. The van der Waals surface area contributed by atoms with Gasteiger partial charge in [0.25, 0.3) is 5.91 Å². The summed E-state index contributed by atoms with van der Waals surface area (Å²) in [5.74, 6) is 0.312. The van der Waals surface area contributed by atoms with Crippen LogP contribution in [0.5, 0.6) is 5.75 Å². The first-order valence-corrected chi connectivity index (χ1v) is 12.0. The number of aliphatic hydroxyl groups excluding tert-OH is 2. The van der Waals surface area contributed by atoms with Crippen LogP contribution in [0.3, 0.4) is 0 Å². The van der Waals surface area contributed by atoms with Crippen LogP contribution >= 0.6 is 0 Å². The largest absolute Gasteiger partial charge is 0.509 e. The Morgan fingerprint density at radius 1 is 1.21 bits per heavy atom. The number of hydrogen-bond donors (Lipinski definition) is 6. The van der Waals surface area contributed by atoms with Gasteiger partial charge in [0, 0.05) is 12.0 Å². The number of ketones is 2. The molecule has 4 atom stereocenters. The van der Waals surface area contributed by atoms with Gasteiger partial charge in [0.2, 0.25) is 0 Å². The molecule has 4 rings (SSSR count). The number of benzene rings is 1. The van der Waals surface area contributed by atoms with E-state index in [4.69, 9.17) is 17.2 Å². The van der Waals surface area contributed by atoms with Crippen molar-refractivity contribution in [1.82, 2.24) is 4.90 Å². The number of amides is 1. The zero-order valence-electron chi connectivity index (χ0n) is 21.3. The van der Waals surface area contributed by atoms with Gasteiger partial charge in [0.1, 0.15) is 22.8 Å². The van der Waals surface area contributed by atoms with Gasteiger partial charge in [0.05, 0.1) is 34.3 Å². The van der Waals surface area contributed by atoms with Crippen molar-refractivity contribution in [2.24, 2.45) is 22.6 Å². The summed E-state index contributed by atoms with van der Waals surface area (Å²) in [4.78, 5) is 41.2. The lowest BCUT2D eigenvalue weighted by molar-refractivity contribution is -0.139.